The van der Waals surface area contributed by atoms with Gasteiger partial charge in [0.2, 0.25) is 0 Å². The van der Waals surface area contributed by atoms with E-state index in [0.717, 1.165) is 25.7 Å². The Morgan fingerprint density at radius 3 is 2.52 bits per heavy atom. The van der Waals surface area contributed by atoms with E-state index in [1.54, 1.807) is 16.8 Å². The molecule has 2 heterocycles. The van der Waals surface area contributed by atoms with E-state index in [9.17, 15) is 18.3 Å². The maximum Gasteiger partial charge on any atom is 0.573 e. The van der Waals surface area contributed by atoms with Crippen LogP contribution in [0, 0.1) is 5.92 Å². The fourth-order valence-electron chi connectivity index (χ4n) is 4.15. The highest BCUT2D eigenvalue weighted by Crippen LogP contribution is 2.34. The Labute approximate surface area is 178 Å². The zero-order chi connectivity index (χ0) is 22.2. The molecule has 0 atom stereocenters. The van der Waals surface area contributed by atoms with Crippen molar-refractivity contribution in [2.75, 3.05) is 5.32 Å². The molecule has 3 aromatic rings. The van der Waals surface area contributed by atoms with E-state index in [1.807, 2.05) is 26.0 Å². The van der Waals surface area contributed by atoms with E-state index in [4.69, 9.17) is 0 Å². The maximum absolute atomic E-state index is 12.6. The van der Waals surface area contributed by atoms with Gasteiger partial charge in [0, 0.05) is 11.6 Å². The summed E-state index contributed by atoms with van der Waals surface area (Å²) in [5.41, 5.74) is 1.01. The number of nitrogens with one attached hydrogen (secondary N) is 1. The van der Waals surface area contributed by atoms with Crippen LogP contribution in [0.2, 0.25) is 0 Å². The number of imidazole rings is 1. The number of rotatable bonds is 5. The van der Waals surface area contributed by atoms with Gasteiger partial charge in [0.15, 0.2) is 5.65 Å². The lowest BCUT2D eigenvalue weighted by atomic mass is 9.77. The number of fused-ring (bicyclic) bond motifs is 1. The van der Waals surface area contributed by atoms with Gasteiger partial charge in [0.1, 0.15) is 11.6 Å². The number of benzene rings is 1. The summed E-state index contributed by atoms with van der Waals surface area (Å²) in [6.45, 7) is 3.71. The lowest BCUT2D eigenvalue weighted by Gasteiger charge is -2.36. The molecule has 0 unspecified atom stereocenters. The third kappa shape index (κ3) is 5.10. The van der Waals surface area contributed by atoms with E-state index in [2.05, 4.69) is 20.1 Å². The van der Waals surface area contributed by atoms with Crippen LogP contribution >= 0.6 is 0 Å². The summed E-state index contributed by atoms with van der Waals surface area (Å²) in [5.74, 6) is 0.659. The lowest BCUT2D eigenvalue weighted by Crippen LogP contribution is -2.37. The van der Waals surface area contributed by atoms with Crippen LogP contribution in [-0.4, -0.2) is 37.7 Å². The predicted molar refractivity (Wildman–Crippen MR) is 111 cm³/mol. The van der Waals surface area contributed by atoms with Gasteiger partial charge in [-0.15, -0.1) is 18.3 Å². The number of ether oxygens (including phenoxy) is 1. The Hall–Kier alpha value is -2.81. The molecule has 166 valence electrons. The van der Waals surface area contributed by atoms with E-state index >= 15 is 0 Å². The summed E-state index contributed by atoms with van der Waals surface area (Å²) in [6.07, 6.45) is 0.562. The van der Waals surface area contributed by atoms with Gasteiger partial charge in [0.25, 0.3) is 0 Å². The zero-order valence-corrected chi connectivity index (χ0v) is 17.4. The van der Waals surface area contributed by atoms with Crippen molar-refractivity contribution in [2.24, 2.45) is 5.92 Å². The number of hydrogen-bond donors (Lipinski definition) is 2. The number of hydrogen-bond acceptors (Lipinski definition) is 5. The van der Waals surface area contributed by atoms with Crippen LogP contribution < -0.4 is 10.1 Å². The number of nitrogens with zero attached hydrogens (tertiary/aromatic N) is 3. The average molecular weight is 434 g/mol. The molecule has 0 aliphatic heterocycles. The van der Waals surface area contributed by atoms with Gasteiger partial charge >= 0.3 is 6.36 Å². The van der Waals surface area contributed by atoms with E-state index in [-0.39, 0.29) is 17.7 Å². The highest BCUT2D eigenvalue weighted by molar-refractivity contribution is 5.65. The fraction of sp³-hybridized carbons (Fsp3) is 0.455. The molecule has 6 nitrogen and oxygen atoms in total. The predicted octanol–water partition coefficient (Wildman–Crippen LogP) is 5.04. The number of halogens is 3. The second-order valence-electron chi connectivity index (χ2n) is 8.55. The zero-order valence-electron chi connectivity index (χ0n) is 17.4. The van der Waals surface area contributed by atoms with Crippen molar-refractivity contribution in [2.45, 2.75) is 57.5 Å². The van der Waals surface area contributed by atoms with Crippen molar-refractivity contribution in [3.63, 3.8) is 0 Å². The van der Waals surface area contributed by atoms with Gasteiger partial charge in [-0.1, -0.05) is 12.1 Å². The lowest BCUT2D eigenvalue weighted by molar-refractivity contribution is -0.274. The van der Waals surface area contributed by atoms with Crippen LogP contribution in [0.3, 0.4) is 0 Å². The van der Waals surface area contributed by atoms with Crippen molar-refractivity contribution in [3.8, 4) is 17.0 Å². The Kier molecular flexibility index (Phi) is 5.55. The van der Waals surface area contributed by atoms with Crippen LogP contribution in [0.5, 0.6) is 5.75 Å². The topological polar surface area (TPSA) is 71.7 Å². The molecule has 4 rings (SSSR count). The molecule has 31 heavy (non-hydrogen) atoms. The van der Waals surface area contributed by atoms with Gasteiger partial charge in [-0.2, -0.15) is 0 Å². The monoisotopic (exact) mass is 434 g/mol. The fourth-order valence-corrected chi connectivity index (χ4v) is 4.15. The Bertz CT molecular complexity index is 1050. The molecule has 1 aliphatic carbocycles. The normalized spacial score (nSPS) is 20.1. The second-order valence-corrected chi connectivity index (χ2v) is 8.55. The summed E-state index contributed by atoms with van der Waals surface area (Å²) in [6, 6.07) is 9.67. The molecule has 1 saturated carbocycles. The number of aliphatic hydroxyl groups is 1. The van der Waals surface area contributed by atoms with Crippen molar-refractivity contribution >= 4 is 11.5 Å². The van der Waals surface area contributed by atoms with Crippen LogP contribution in [-0.2, 0) is 0 Å². The van der Waals surface area contributed by atoms with E-state index in [1.165, 1.54) is 18.2 Å². The summed E-state index contributed by atoms with van der Waals surface area (Å²) in [7, 11) is 0. The molecule has 1 fully saturated rings. The molecule has 0 spiro atoms. The van der Waals surface area contributed by atoms with Crippen LogP contribution in [0.4, 0.5) is 19.0 Å². The molecule has 1 aliphatic rings. The number of alkyl halides is 3. The summed E-state index contributed by atoms with van der Waals surface area (Å²) >= 11 is 0. The highest BCUT2D eigenvalue weighted by atomic mass is 19.4. The Morgan fingerprint density at radius 1 is 1.10 bits per heavy atom. The Morgan fingerprint density at radius 2 is 1.84 bits per heavy atom. The molecular weight excluding hydrogens is 409 g/mol. The van der Waals surface area contributed by atoms with Gasteiger partial charge in [-0.3, -0.25) is 0 Å². The third-order valence-electron chi connectivity index (χ3n) is 5.80. The van der Waals surface area contributed by atoms with Gasteiger partial charge in [-0.25, -0.2) is 9.50 Å². The molecule has 2 N–H and O–H groups in total. The average Bonchev–Trinajstić information content (AvgIpc) is 3.10. The molecule has 2 aromatic heterocycles. The molecule has 0 radical (unpaired) electrons. The molecule has 0 amide bonds. The molecule has 0 bridgehead atoms. The molecular formula is C22H25F3N4O2. The minimum atomic E-state index is -4.75. The second kappa shape index (κ2) is 8.03. The van der Waals surface area contributed by atoms with E-state index in [0.29, 0.717) is 22.7 Å². The first-order chi connectivity index (χ1) is 14.6. The summed E-state index contributed by atoms with van der Waals surface area (Å²) in [4.78, 5) is 4.31. The van der Waals surface area contributed by atoms with Crippen LogP contribution in [0.15, 0.2) is 42.6 Å². The maximum atomic E-state index is 12.6. The largest absolute Gasteiger partial charge is 0.573 e. The van der Waals surface area contributed by atoms with Crippen LogP contribution in [0.1, 0.15) is 39.5 Å². The van der Waals surface area contributed by atoms with Crippen LogP contribution in [0.25, 0.3) is 16.9 Å². The third-order valence-corrected chi connectivity index (χ3v) is 5.80. The van der Waals surface area contributed by atoms with Crippen molar-refractivity contribution in [1.29, 1.82) is 0 Å². The highest BCUT2D eigenvalue weighted by Gasteiger charge is 2.32. The molecule has 1 aromatic carbocycles. The van der Waals surface area contributed by atoms with Crippen molar-refractivity contribution in [3.05, 3.63) is 42.6 Å². The first kappa shape index (κ1) is 21.4. The number of aromatic nitrogens is 3. The quantitative estimate of drug-likeness (QED) is 0.589. The minimum absolute atomic E-state index is 0.249. The van der Waals surface area contributed by atoms with Gasteiger partial charge in [0.05, 0.1) is 17.5 Å². The van der Waals surface area contributed by atoms with Crippen molar-refractivity contribution < 1.29 is 23.0 Å². The standard InChI is InChI=1S/C22H25F3N4O2/c1-21(2,30)15-6-8-16(9-7-15)27-19-10-11-20-26-13-18(29(20)28-19)14-4-3-5-17(12-14)31-22(23,24)25/h3-5,10-13,15-16,30H,6-9H2,1-2H3,(H,27,28). The summed E-state index contributed by atoms with van der Waals surface area (Å²) in [5, 5.41) is 18.3. The first-order valence-electron chi connectivity index (χ1n) is 10.3. The Balaban J connectivity index is 1.53. The van der Waals surface area contributed by atoms with Crippen molar-refractivity contribution in [1.82, 2.24) is 14.6 Å². The van der Waals surface area contributed by atoms with Gasteiger partial charge < -0.3 is 15.2 Å². The SMILES string of the molecule is CC(C)(O)C1CCC(Nc2ccc3ncc(-c4cccc(OC(F)(F)F)c4)n3n2)CC1. The molecule has 0 saturated heterocycles. The van der Waals surface area contributed by atoms with Gasteiger partial charge in [-0.05, 0) is 69.7 Å². The van der Waals surface area contributed by atoms with E-state index < -0.39 is 12.0 Å². The summed E-state index contributed by atoms with van der Waals surface area (Å²) < 4.78 is 43.3. The smallest absolute Gasteiger partial charge is 0.406 e. The minimum Gasteiger partial charge on any atom is -0.406 e. The molecule has 9 heteroatoms. The number of anilines is 1. The first-order valence-corrected chi connectivity index (χ1v) is 10.3.